The third-order valence-corrected chi connectivity index (χ3v) is 3.48. The second-order valence-corrected chi connectivity index (χ2v) is 5.16. The molecular weight excluding hydrogens is 302 g/mol. The van der Waals surface area contributed by atoms with Gasteiger partial charge in [0.2, 0.25) is 5.91 Å². The number of amides is 1. The average Bonchev–Trinajstić information content (AvgIpc) is 2.55. The van der Waals surface area contributed by atoms with E-state index in [0.717, 1.165) is 0 Å². The number of benzene rings is 1. The molecule has 0 spiro atoms. The number of carboxylic acid groups (broad SMARTS) is 1. The lowest BCUT2D eigenvalue weighted by molar-refractivity contribution is -0.128. The number of carbonyl (C=O) groups excluding carboxylic acids is 1. The van der Waals surface area contributed by atoms with Crippen LogP contribution in [0.2, 0.25) is 0 Å². The summed E-state index contributed by atoms with van der Waals surface area (Å²) in [6, 6.07) is 5.97. The van der Waals surface area contributed by atoms with Crippen molar-refractivity contribution in [2.75, 3.05) is 26.4 Å². The summed E-state index contributed by atoms with van der Waals surface area (Å²) < 4.78 is 16.3. The maximum atomic E-state index is 11.8. The molecule has 1 fully saturated rings. The molecule has 1 aliphatic heterocycles. The van der Waals surface area contributed by atoms with Crippen LogP contribution < -0.4 is 10.1 Å². The maximum absolute atomic E-state index is 11.8. The van der Waals surface area contributed by atoms with Gasteiger partial charge < -0.3 is 24.6 Å². The van der Waals surface area contributed by atoms with Gasteiger partial charge in [-0.1, -0.05) is 0 Å². The third-order valence-electron chi connectivity index (χ3n) is 3.48. The summed E-state index contributed by atoms with van der Waals surface area (Å²) in [6.45, 7) is 3.25. The molecule has 0 bridgehead atoms. The van der Waals surface area contributed by atoms with Gasteiger partial charge in [-0.15, -0.1) is 0 Å². The van der Waals surface area contributed by atoms with Crippen LogP contribution in [0.15, 0.2) is 24.3 Å². The number of aromatic carboxylic acids is 1. The lowest BCUT2D eigenvalue weighted by atomic mass is 10.1. The standard InChI is InChI=1S/C16H21NO6/c1-2-21-10-15(18)17-13-7-8-22-9-14(13)23-12-5-3-11(4-6-12)16(19)20/h3-6,13-14H,2,7-10H2,1H3,(H,17,18)(H,19,20)/t13-,14-/m1/s1. The minimum Gasteiger partial charge on any atom is -0.486 e. The van der Waals surface area contributed by atoms with Gasteiger partial charge in [0.25, 0.3) is 0 Å². The molecule has 1 aromatic carbocycles. The van der Waals surface area contributed by atoms with E-state index in [0.29, 0.717) is 32.0 Å². The summed E-state index contributed by atoms with van der Waals surface area (Å²) in [7, 11) is 0. The number of carboxylic acids is 1. The molecular formula is C16H21NO6. The quantitative estimate of drug-likeness (QED) is 0.779. The molecule has 2 rings (SSSR count). The zero-order valence-corrected chi connectivity index (χ0v) is 13.0. The number of carbonyl (C=O) groups is 2. The first-order valence-corrected chi connectivity index (χ1v) is 7.55. The van der Waals surface area contributed by atoms with Crippen molar-refractivity contribution in [2.45, 2.75) is 25.5 Å². The van der Waals surface area contributed by atoms with Crippen LogP contribution in [0.5, 0.6) is 5.75 Å². The molecule has 2 N–H and O–H groups in total. The summed E-state index contributed by atoms with van der Waals surface area (Å²) in [4.78, 5) is 22.6. The molecule has 7 nitrogen and oxygen atoms in total. The van der Waals surface area contributed by atoms with Crippen molar-refractivity contribution >= 4 is 11.9 Å². The van der Waals surface area contributed by atoms with Gasteiger partial charge in [-0.25, -0.2) is 4.79 Å². The highest BCUT2D eigenvalue weighted by atomic mass is 16.5. The first-order chi connectivity index (χ1) is 11.1. The van der Waals surface area contributed by atoms with Crippen molar-refractivity contribution in [1.29, 1.82) is 0 Å². The Labute approximate surface area is 134 Å². The molecule has 126 valence electrons. The average molecular weight is 323 g/mol. The fourth-order valence-corrected chi connectivity index (χ4v) is 2.29. The van der Waals surface area contributed by atoms with Crippen LogP contribution in [-0.4, -0.2) is 55.6 Å². The highest BCUT2D eigenvalue weighted by Gasteiger charge is 2.29. The van der Waals surface area contributed by atoms with E-state index in [2.05, 4.69) is 5.32 Å². The molecule has 23 heavy (non-hydrogen) atoms. The molecule has 1 saturated heterocycles. The summed E-state index contributed by atoms with van der Waals surface area (Å²) >= 11 is 0. The van der Waals surface area contributed by atoms with Gasteiger partial charge in [0.1, 0.15) is 18.5 Å². The summed E-state index contributed by atoms with van der Waals surface area (Å²) in [5.41, 5.74) is 0.193. The Bertz CT molecular complexity index is 530. The molecule has 1 heterocycles. The number of hydrogen-bond acceptors (Lipinski definition) is 5. The molecule has 1 amide bonds. The lowest BCUT2D eigenvalue weighted by Crippen LogP contribution is -2.52. The SMILES string of the molecule is CCOCC(=O)N[C@@H]1CCOC[C@H]1Oc1ccc(C(=O)O)cc1. The van der Waals surface area contributed by atoms with E-state index in [1.54, 1.807) is 12.1 Å². The van der Waals surface area contributed by atoms with Crippen LogP contribution in [0.25, 0.3) is 0 Å². The zero-order valence-electron chi connectivity index (χ0n) is 13.0. The normalized spacial score (nSPS) is 20.7. The monoisotopic (exact) mass is 323 g/mol. The van der Waals surface area contributed by atoms with E-state index >= 15 is 0 Å². The Hall–Kier alpha value is -2.12. The first kappa shape index (κ1) is 17.2. The van der Waals surface area contributed by atoms with E-state index < -0.39 is 5.97 Å². The van der Waals surface area contributed by atoms with E-state index in [4.69, 9.17) is 19.3 Å². The summed E-state index contributed by atoms with van der Waals surface area (Å²) in [5.74, 6) is -0.637. The molecule has 1 aliphatic rings. The number of hydrogen-bond donors (Lipinski definition) is 2. The van der Waals surface area contributed by atoms with Crippen molar-refractivity contribution in [3.05, 3.63) is 29.8 Å². The fourth-order valence-electron chi connectivity index (χ4n) is 2.29. The Morgan fingerprint density at radius 1 is 1.35 bits per heavy atom. The van der Waals surface area contributed by atoms with E-state index in [1.807, 2.05) is 6.92 Å². The van der Waals surface area contributed by atoms with Gasteiger partial charge in [0, 0.05) is 13.2 Å². The van der Waals surface area contributed by atoms with Crippen molar-refractivity contribution in [3.63, 3.8) is 0 Å². The number of rotatable bonds is 7. The van der Waals surface area contributed by atoms with Crippen LogP contribution >= 0.6 is 0 Å². The van der Waals surface area contributed by atoms with Gasteiger partial charge in [-0.05, 0) is 37.6 Å². The third kappa shape index (κ3) is 5.22. The minimum atomic E-state index is -0.987. The lowest BCUT2D eigenvalue weighted by Gasteiger charge is -2.32. The van der Waals surface area contributed by atoms with Crippen LogP contribution in [0.1, 0.15) is 23.7 Å². The Morgan fingerprint density at radius 2 is 2.09 bits per heavy atom. The molecule has 0 aliphatic carbocycles. The smallest absolute Gasteiger partial charge is 0.335 e. The van der Waals surface area contributed by atoms with E-state index in [-0.39, 0.29) is 30.2 Å². The first-order valence-electron chi connectivity index (χ1n) is 7.55. The van der Waals surface area contributed by atoms with Gasteiger partial charge in [-0.2, -0.15) is 0 Å². The van der Waals surface area contributed by atoms with Crippen molar-refractivity contribution in [3.8, 4) is 5.75 Å². The minimum absolute atomic E-state index is 0.0217. The molecule has 0 saturated carbocycles. The predicted octanol–water partition coefficient (Wildman–Crippen LogP) is 1.07. The molecule has 2 atom stereocenters. The van der Waals surface area contributed by atoms with Crippen molar-refractivity contribution < 1.29 is 28.9 Å². The second-order valence-electron chi connectivity index (χ2n) is 5.16. The van der Waals surface area contributed by atoms with Crippen LogP contribution in [-0.2, 0) is 14.3 Å². The Balaban J connectivity index is 1.95. The van der Waals surface area contributed by atoms with Crippen LogP contribution in [0.4, 0.5) is 0 Å². The Morgan fingerprint density at radius 3 is 2.74 bits per heavy atom. The fraction of sp³-hybridized carbons (Fsp3) is 0.500. The van der Waals surface area contributed by atoms with Gasteiger partial charge in [0.15, 0.2) is 0 Å². The topological polar surface area (TPSA) is 94.1 Å². The molecule has 0 unspecified atom stereocenters. The molecule has 1 aromatic rings. The van der Waals surface area contributed by atoms with Gasteiger partial charge >= 0.3 is 5.97 Å². The van der Waals surface area contributed by atoms with E-state index in [9.17, 15) is 9.59 Å². The largest absolute Gasteiger partial charge is 0.486 e. The van der Waals surface area contributed by atoms with Gasteiger partial charge in [-0.3, -0.25) is 4.79 Å². The Kier molecular flexibility index (Phi) is 6.37. The number of nitrogens with one attached hydrogen (secondary N) is 1. The maximum Gasteiger partial charge on any atom is 0.335 e. The second kappa shape index (κ2) is 8.50. The van der Waals surface area contributed by atoms with Crippen molar-refractivity contribution in [1.82, 2.24) is 5.32 Å². The van der Waals surface area contributed by atoms with Crippen molar-refractivity contribution in [2.24, 2.45) is 0 Å². The van der Waals surface area contributed by atoms with Crippen LogP contribution in [0, 0.1) is 0 Å². The van der Waals surface area contributed by atoms with E-state index in [1.165, 1.54) is 12.1 Å². The molecule has 7 heteroatoms. The summed E-state index contributed by atoms with van der Waals surface area (Å²) in [5, 5.41) is 11.8. The number of ether oxygens (including phenoxy) is 3. The molecule has 0 radical (unpaired) electrons. The van der Waals surface area contributed by atoms with Crippen LogP contribution in [0.3, 0.4) is 0 Å². The predicted molar refractivity (Wildman–Crippen MR) is 81.7 cm³/mol. The van der Waals surface area contributed by atoms with Gasteiger partial charge in [0.05, 0.1) is 18.2 Å². The summed E-state index contributed by atoms with van der Waals surface area (Å²) in [6.07, 6.45) is 0.320. The molecule has 0 aromatic heterocycles. The highest BCUT2D eigenvalue weighted by Crippen LogP contribution is 2.18. The zero-order chi connectivity index (χ0) is 16.7. The highest BCUT2D eigenvalue weighted by molar-refractivity contribution is 5.87.